The Morgan fingerprint density at radius 2 is 2.14 bits per heavy atom. The predicted molar refractivity (Wildman–Crippen MR) is 81.6 cm³/mol. The Balaban J connectivity index is 2.38. The van der Waals surface area contributed by atoms with Crippen LogP contribution < -0.4 is 5.32 Å². The number of likely N-dealkylation sites (tertiary alicyclic amines) is 1. The number of nitrogens with zero attached hydrogens (tertiary/aromatic N) is 2. The molecule has 2 rings (SSSR count). The second-order valence-electron chi connectivity index (χ2n) is 5.40. The van der Waals surface area contributed by atoms with Crippen molar-refractivity contribution in [3.8, 4) is 0 Å². The van der Waals surface area contributed by atoms with E-state index in [1.165, 1.54) is 6.07 Å². The van der Waals surface area contributed by atoms with Crippen LogP contribution in [0.2, 0.25) is 0 Å². The van der Waals surface area contributed by atoms with E-state index in [0.29, 0.717) is 17.8 Å². The highest BCUT2D eigenvalue weighted by atomic mass is 16.6. The van der Waals surface area contributed by atoms with Gasteiger partial charge < -0.3 is 10.2 Å². The maximum atomic E-state index is 12.8. The van der Waals surface area contributed by atoms with Gasteiger partial charge in [-0.1, -0.05) is 18.9 Å². The van der Waals surface area contributed by atoms with Gasteiger partial charge in [0, 0.05) is 25.7 Å². The van der Waals surface area contributed by atoms with Crippen LogP contribution >= 0.6 is 0 Å². The Labute approximate surface area is 124 Å². The van der Waals surface area contributed by atoms with Gasteiger partial charge in [0.15, 0.2) is 0 Å². The van der Waals surface area contributed by atoms with Crippen molar-refractivity contribution >= 4 is 17.3 Å². The minimum absolute atomic E-state index is 0.0641. The molecule has 1 unspecified atom stereocenters. The lowest BCUT2D eigenvalue weighted by Gasteiger charge is -2.28. The van der Waals surface area contributed by atoms with E-state index in [1.807, 2.05) is 11.8 Å². The van der Waals surface area contributed by atoms with Crippen molar-refractivity contribution < 1.29 is 9.72 Å². The lowest BCUT2D eigenvalue weighted by Crippen LogP contribution is -2.38. The molecule has 1 aliphatic heterocycles. The third-order valence-corrected chi connectivity index (χ3v) is 4.03. The van der Waals surface area contributed by atoms with Crippen molar-refractivity contribution in [2.45, 2.75) is 38.6 Å². The van der Waals surface area contributed by atoms with Crippen LogP contribution in [0.25, 0.3) is 0 Å². The fourth-order valence-corrected chi connectivity index (χ4v) is 2.86. The normalized spacial score (nSPS) is 19.0. The van der Waals surface area contributed by atoms with Gasteiger partial charge in [0.05, 0.1) is 10.5 Å². The van der Waals surface area contributed by atoms with E-state index in [1.54, 1.807) is 19.2 Å². The first-order chi connectivity index (χ1) is 10.1. The molecule has 1 aromatic rings. The van der Waals surface area contributed by atoms with Gasteiger partial charge in [-0.25, -0.2) is 0 Å². The Hall–Kier alpha value is -2.11. The Morgan fingerprint density at radius 3 is 2.81 bits per heavy atom. The van der Waals surface area contributed by atoms with E-state index >= 15 is 0 Å². The van der Waals surface area contributed by atoms with Crippen LogP contribution in [0.15, 0.2) is 18.2 Å². The topological polar surface area (TPSA) is 75.5 Å². The average Bonchev–Trinajstić information content (AvgIpc) is 2.70. The van der Waals surface area contributed by atoms with Gasteiger partial charge in [-0.15, -0.1) is 0 Å². The van der Waals surface area contributed by atoms with Gasteiger partial charge in [0.25, 0.3) is 11.6 Å². The van der Waals surface area contributed by atoms with E-state index in [9.17, 15) is 14.9 Å². The van der Waals surface area contributed by atoms with Gasteiger partial charge in [-0.2, -0.15) is 0 Å². The number of hydrogen-bond acceptors (Lipinski definition) is 4. The summed E-state index contributed by atoms with van der Waals surface area (Å²) in [6.07, 6.45) is 4.22. The first-order valence-electron chi connectivity index (χ1n) is 7.32. The summed E-state index contributed by atoms with van der Waals surface area (Å²) in [6, 6.07) is 4.80. The van der Waals surface area contributed by atoms with E-state index in [2.05, 4.69) is 5.32 Å². The van der Waals surface area contributed by atoms with Crippen molar-refractivity contribution in [2.24, 2.45) is 0 Å². The van der Waals surface area contributed by atoms with Gasteiger partial charge in [0.1, 0.15) is 5.69 Å². The fourth-order valence-electron chi connectivity index (χ4n) is 2.86. The fraction of sp³-hybridized carbons (Fsp3) is 0.533. The van der Waals surface area contributed by atoms with Crippen LogP contribution in [-0.4, -0.2) is 35.4 Å². The number of nitrogens with one attached hydrogen (secondary N) is 1. The quantitative estimate of drug-likeness (QED) is 0.686. The second kappa shape index (κ2) is 6.56. The molecule has 0 bridgehead atoms. The zero-order valence-electron chi connectivity index (χ0n) is 12.5. The molecule has 0 radical (unpaired) electrons. The lowest BCUT2D eigenvalue weighted by atomic mass is 10.1. The molecule has 0 spiro atoms. The molecule has 1 amide bonds. The number of amides is 1. The number of carbonyl (C=O) groups excluding carboxylic acids is 1. The first kappa shape index (κ1) is 15.3. The molecule has 0 aliphatic carbocycles. The monoisotopic (exact) mass is 291 g/mol. The summed E-state index contributed by atoms with van der Waals surface area (Å²) in [5.41, 5.74) is 0.607. The van der Waals surface area contributed by atoms with E-state index in [0.717, 1.165) is 25.7 Å². The number of nitro groups is 1. The van der Waals surface area contributed by atoms with Crippen molar-refractivity contribution in [2.75, 3.05) is 18.9 Å². The molecule has 21 heavy (non-hydrogen) atoms. The molecule has 1 aromatic carbocycles. The summed E-state index contributed by atoms with van der Waals surface area (Å²) in [5, 5.41) is 13.9. The van der Waals surface area contributed by atoms with Crippen molar-refractivity contribution in [3.63, 3.8) is 0 Å². The summed E-state index contributed by atoms with van der Waals surface area (Å²) in [7, 11) is 1.60. The summed E-state index contributed by atoms with van der Waals surface area (Å²) in [4.78, 5) is 25.2. The minimum Gasteiger partial charge on any atom is -0.382 e. The molecule has 1 atom stereocenters. The maximum Gasteiger partial charge on any atom is 0.293 e. The number of carbonyl (C=O) groups is 1. The van der Waals surface area contributed by atoms with Crippen LogP contribution in [0.4, 0.5) is 11.4 Å². The van der Waals surface area contributed by atoms with Gasteiger partial charge in [-0.3, -0.25) is 14.9 Å². The molecular weight excluding hydrogens is 270 g/mol. The van der Waals surface area contributed by atoms with E-state index in [-0.39, 0.29) is 17.6 Å². The van der Waals surface area contributed by atoms with Crippen LogP contribution in [0.1, 0.15) is 43.0 Å². The minimum atomic E-state index is -0.464. The number of para-hydroxylation sites is 1. The molecule has 1 aliphatic rings. The molecule has 1 saturated heterocycles. The zero-order chi connectivity index (χ0) is 15.4. The average molecular weight is 291 g/mol. The molecule has 1 fully saturated rings. The maximum absolute atomic E-state index is 12.8. The Kier molecular flexibility index (Phi) is 4.77. The number of benzene rings is 1. The molecule has 0 saturated carbocycles. The van der Waals surface area contributed by atoms with Gasteiger partial charge in [-0.05, 0) is 25.8 Å². The van der Waals surface area contributed by atoms with E-state index in [4.69, 9.17) is 0 Å². The summed E-state index contributed by atoms with van der Waals surface area (Å²) >= 11 is 0. The predicted octanol–water partition coefficient (Wildman–Crippen LogP) is 3.04. The molecule has 1 heterocycles. The van der Waals surface area contributed by atoms with Crippen LogP contribution in [-0.2, 0) is 0 Å². The number of rotatable bonds is 3. The van der Waals surface area contributed by atoms with Crippen LogP contribution in [0.5, 0.6) is 0 Å². The summed E-state index contributed by atoms with van der Waals surface area (Å²) in [6.45, 7) is 2.76. The highest BCUT2D eigenvalue weighted by molar-refractivity contribution is 6.01. The Morgan fingerprint density at radius 1 is 1.38 bits per heavy atom. The highest BCUT2D eigenvalue weighted by Crippen LogP contribution is 2.30. The van der Waals surface area contributed by atoms with Crippen LogP contribution in [0, 0.1) is 10.1 Å². The zero-order valence-corrected chi connectivity index (χ0v) is 12.5. The van der Waals surface area contributed by atoms with Gasteiger partial charge >= 0.3 is 0 Å². The second-order valence-corrected chi connectivity index (χ2v) is 5.40. The lowest BCUT2D eigenvalue weighted by molar-refractivity contribution is -0.384. The smallest absolute Gasteiger partial charge is 0.293 e. The van der Waals surface area contributed by atoms with E-state index < -0.39 is 4.92 Å². The molecular formula is C15H21N3O3. The van der Waals surface area contributed by atoms with Crippen molar-refractivity contribution in [3.05, 3.63) is 33.9 Å². The third kappa shape index (κ3) is 3.15. The van der Waals surface area contributed by atoms with Crippen LogP contribution in [0.3, 0.4) is 0 Å². The molecule has 1 N–H and O–H groups in total. The van der Waals surface area contributed by atoms with Crippen molar-refractivity contribution in [1.82, 2.24) is 4.90 Å². The first-order valence-corrected chi connectivity index (χ1v) is 7.32. The molecule has 6 nitrogen and oxygen atoms in total. The third-order valence-electron chi connectivity index (χ3n) is 4.03. The number of hydrogen-bond donors (Lipinski definition) is 1. The molecule has 114 valence electrons. The largest absolute Gasteiger partial charge is 0.382 e. The highest BCUT2D eigenvalue weighted by Gasteiger charge is 2.27. The molecule has 6 heteroatoms. The van der Waals surface area contributed by atoms with Crippen molar-refractivity contribution in [1.29, 1.82) is 0 Å². The van der Waals surface area contributed by atoms with Gasteiger partial charge in [0.2, 0.25) is 0 Å². The summed E-state index contributed by atoms with van der Waals surface area (Å²) < 4.78 is 0. The number of nitro benzene ring substituents is 1. The SMILES string of the molecule is CNc1c(C(=O)N2CCCCCC2C)cccc1[N+](=O)[O-]. The Bertz CT molecular complexity index is 545. The standard InChI is InChI=1S/C15H21N3O3/c1-11-7-4-3-5-10-17(11)15(19)12-8-6-9-13(18(20)21)14(12)16-2/h6,8-9,11,16H,3-5,7,10H2,1-2H3. The molecule has 0 aromatic heterocycles. The summed E-state index contributed by atoms with van der Waals surface area (Å²) in [5.74, 6) is -0.127. The number of anilines is 1.